The molecule has 10 nitrogen and oxygen atoms in total. The van der Waals surface area contributed by atoms with Crippen LogP contribution in [0.5, 0.6) is 5.75 Å². The third-order valence-corrected chi connectivity index (χ3v) is 8.05. The molecule has 0 atom stereocenters. The molecule has 1 aliphatic heterocycles. The normalized spacial score (nSPS) is 19.7. The Labute approximate surface area is 243 Å². The first-order chi connectivity index (χ1) is 19.9. The van der Waals surface area contributed by atoms with Crippen LogP contribution in [0.25, 0.3) is 5.69 Å². The number of benzene rings is 2. The molecule has 2 aliphatic carbocycles. The standard InChI is InChI=1S/C32H32N4O6/c1-31(2)13-24(37)29-26(15-31)42-27-16-32(3,4)14-25(38)30(27)28(29)19-9-11-21(12-10-19)41-18-20-17-35(34-33-20)22-7-5-6-8-23(22)36(39)40/h5-12,17,28H,13-16,18H2,1-4H3. The Bertz CT molecular complexity index is 1630. The van der Waals surface area contributed by atoms with Gasteiger partial charge in [-0.3, -0.25) is 19.7 Å². The number of carbonyl (C=O) groups is 2. The minimum absolute atomic E-state index is 0.0255. The first kappa shape index (κ1) is 27.6. The van der Waals surface area contributed by atoms with Gasteiger partial charge in [-0.05, 0) is 34.6 Å². The number of Topliss-reactive ketones (excluding diaryl/α,β-unsaturated/α-hetero) is 2. The van der Waals surface area contributed by atoms with Crippen molar-refractivity contribution in [2.24, 2.45) is 10.8 Å². The van der Waals surface area contributed by atoms with Gasteiger partial charge < -0.3 is 9.47 Å². The van der Waals surface area contributed by atoms with Crippen molar-refractivity contribution in [3.63, 3.8) is 0 Å². The molecule has 0 unspecified atom stereocenters. The number of aromatic nitrogens is 3. The van der Waals surface area contributed by atoms with Crippen LogP contribution < -0.4 is 4.74 Å². The zero-order valence-corrected chi connectivity index (χ0v) is 24.0. The summed E-state index contributed by atoms with van der Waals surface area (Å²) < 4.78 is 13.7. The van der Waals surface area contributed by atoms with Crippen molar-refractivity contribution in [1.82, 2.24) is 15.0 Å². The zero-order chi connectivity index (χ0) is 29.8. The fraction of sp³-hybridized carbons (Fsp3) is 0.375. The quantitative estimate of drug-likeness (QED) is 0.256. The molecular weight excluding hydrogens is 536 g/mol. The van der Waals surface area contributed by atoms with Crippen LogP contribution in [-0.4, -0.2) is 31.5 Å². The molecule has 0 N–H and O–H groups in total. The third-order valence-electron chi connectivity index (χ3n) is 8.05. The van der Waals surface area contributed by atoms with E-state index in [9.17, 15) is 19.7 Å². The molecule has 0 amide bonds. The van der Waals surface area contributed by atoms with Crippen LogP contribution in [0.3, 0.4) is 0 Å². The van der Waals surface area contributed by atoms with Crippen LogP contribution in [0.2, 0.25) is 0 Å². The predicted molar refractivity (Wildman–Crippen MR) is 153 cm³/mol. The predicted octanol–water partition coefficient (Wildman–Crippen LogP) is 6.15. The molecule has 2 heterocycles. The lowest BCUT2D eigenvalue weighted by atomic mass is 9.65. The van der Waals surface area contributed by atoms with Gasteiger partial charge in [0.1, 0.15) is 35.3 Å². The number of ketones is 2. The van der Waals surface area contributed by atoms with Crippen molar-refractivity contribution in [3.8, 4) is 11.4 Å². The maximum absolute atomic E-state index is 13.5. The van der Waals surface area contributed by atoms with Gasteiger partial charge in [0.05, 0.1) is 11.1 Å². The molecule has 2 aromatic carbocycles. The summed E-state index contributed by atoms with van der Waals surface area (Å²) in [4.78, 5) is 37.9. The van der Waals surface area contributed by atoms with Gasteiger partial charge in [-0.2, -0.15) is 0 Å². The van der Waals surface area contributed by atoms with Gasteiger partial charge in [-0.25, -0.2) is 4.68 Å². The monoisotopic (exact) mass is 568 g/mol. The molecule has 3 aliphatic rings. The Balaban J connectivity index is 1.25. The summed E-state index contributed by atoms with van der Waals surface area (Å²) in [6.45, 7) is 8.37. The van der Waals surface area contributed by atoms with E-state index in [1.54, 1.807) is 24.4 Å². The first-order valence-corrected chi connectivity index (χ1v) is 14.0. The van der Waals surface area contributed by atoms with E-state index in [0.717, 1.165) is 5.56 Å². The summed E-state index contributed by atoms with van der Waals surface area (Å²) in [5.41, 5.74) is 2.35. The molecular formula is C32H32N4O6. The molecule has 0 radical (unpaired) electrons. The Kier molecular flexibility index (Phi) is 6.59. The molecule has 3 aromatic rings. The van der Waals surface area contributed by atoms with Crippen molar-refractivity contribution in [2.45, 2.75) is 65.9 Å². The number of nitro groups is 1. The average molecular weight is 569 g/mol. The Morgan fingerprint density at radius 2 is 1.52 bits per heavy atom. The van der Waals surface area contributed by atoms with Crippen molar-refractivity contribution < 1.29 is 24.0 Å². The zero-order valence-electron chi connectivity index (χ0n) is 24.0. The maximum atomic E-state index is 13.5. The molecule has 0 fully saturated rings. The van der Waals surface area contributed by atoms with Gasteiger partial charge in [0.2, 0.25) is 0 Å². The Hall–Kier alpha value is -4.60. The lowest BCUT2D eigenvalue weighted by Crippen LogP contribution is -2.37. The molecule has 0 saturated carbocycles. The summed E-state index contributed by atoms with van der Waals surface area (Å²) in [5, 5.41) is 19.5. The van der Waals surface area contributed by atoms with Crippen LogP contribution in [-0.2, 0) is 20.9 Å². The van der Waals surface area contributed by atoms with E-state index >= 15 is 0 Å². The van der Waals surface area contributed by atoms with Crippen LogP contribution >= 0.6 is 0 Å². The smallest absolute Gasteiger partial charge is 0.294 e. The molecule has 0 bridgehead atoms. The number of rotatable bonds is 6. The van der Waals surface area contributed by atoms with E-state index in [0.29, 0.717) is 65.5 Å². The molecule has 42 heavy (non-hydrogen) atoms. The summed E-state index contributed by atoms with van der Waals surface area (Å²) in [7, 11) is 0. The second-order valence-electron chi connectivity index (χ2n) is 12.8. The lowest BCUT2D eigenvalue weighted by Gasteiger charge is -2.42. The minimum Gasteiger partial charge on any atom is -0.487 e. The average Bonchev–Trinajstić information content (AvgIpc) is 3.38. The minimum atomic E-state index is -0.466. The number of carbonyl (C=O) groups excluding carboxylic acids is 2. The summed E-state index contributed by atoms with van der Waals surface area (Å²) >= 11 is 0. The number of para-hydroxylation sites is 2. The third kappa shape index (κ3) is 5.13. The summed E-state index contributed by atoms with van der Waals surface area (Å²) in [6, 6.07) is 13.7. The highest BCUT2D eigenvalue weighted by Gasteiger charge is 2.47. The Morgan fingerprint density at radius 3 is 2.12 bits per heavy atom. The highest BCUT2D eigenvalue weighted by molar-refractivity contribution is 6.06. The molecule has 0 spiro atoms. The maximum Gasteiger partial charge on any atom is 0.294 e. The first-order valence-electron chi connectivity index (χ1n) is 14.0. The van der Waals surface area contributed by atoms with E-state index in [1.807, 2.05) is 24.3 Å². The fourth-order valence-electron chi connectivity index (χ4n) is 6.22. The lowest BCUT2D eigenvalue weighted by molar-refractivity contribution is -0.384. The topological polar surface area (TPSA) is 126 Å². The van der Waals surface area contributed by atoms with E-state index in [-0.39, 0.29) is 34.7 Å². The van der Waals surface area contributed by atoms with Gasteiger partial charge in [-0.1, -0.05) is 57.2 Å². The fourth-order valence-corrected chi connectivity index (χ4v) is 6.22. The van der Waals surface area contributed by atoms with Gasteiger partial charge in [0.25, 0.3) is 5.69 Å². The van der Waals surface area contributed by atoms with Crippen molar-refractivity contribution in [2.75, 3.05) is 0 Å². The van der Waals surface area contributed by atoms with Crippen LogP contribution in [0, 0.1) is 20.9 Å². The second kappa shape index (κ2) is 10.0. The second-order valence-corrected chi connectivity index (χ2v) is 12.8. The molecule has 216 valence electrons. The number of hydrogen-bond acceptors (Lipinski definition) is 8. The van der Waals surface area contributed by atoms with Crippen LogP contribution in [0.15, 0.2) is 77.4 Å². The van der Waals surface area contributed by atoms with Crippen molar-refractivity contribution in [1.29, 1.82) is 0 Å². The molecule has 10 heteroatoms. The van der Waals surface area contributed by atoms with Gasteiger partial charge in [-0.15, -0.1) is 5.10 Å². The number of nitro benzene ring substituents is 1. The van der Waals surface area contributed by atoms with Gasteiger partial charge in [0, 0.05) is 48.8 Å². The SMILES string of the molecule is CC1(C)CC(=O)C2=C(C1)OC1=C(C(=O)CC(C)(C)C1)C2c1ccc(OCc2cn(-c3ccccc3[N+](=O)[O-])nn2)cc1. The van der Waals surface area contributed by atoms with Crippen LogP contribution in [0.1, 0.15) is 70.6 Å². The van der Waals surface area contributed by atoms with E-state index in [4.69, 9.17) is 9.47 Å². The van der Waals surface area contributed by atoms with E-state index < -0.39 is 10.8 Å². The van der Waals surface area contributed by atoms with Gasteiger partial charge >= 0.3 is 0 Å². The highest BCUT2D eigenvalue weighted by atomic mass is 16.6. The number of allylic oxidation sites excluding steroid dienone is 4. The molecule has 1 aromatic heterocycles. The Morgan fingerprint density at radius 1 is 0.929 bits per heavy atom. The number of ether oxygens (including phenoxy) is 2. The van der Waals surface area contributed by atoms with E-state index in [1.165, 1.54) is 10.7 Å². The number of hydrogen-bond donors (Lipinski definition) is 0. The number of nitrogens with zero attached hydrogens (tertiary/aromatic N) is 4. The largest absolute Gasteiger partial charge is 0.487 e. The summed E-state index contributed by atoms with van der Waals surface area (Å²) in [5.74, 6) is 1.53. The van der Waals surface area contributed by atoms with E-state index in [2.05, 4.69) is 38.0 Å². The van der Waals surface area contributed by atoms with Crippen LogP contribution in [0.4, 0.5) is 5.69 Å². The van der Waals surface area contributed by atoms with Gasteiger partial charge in [0.15, 0.2) is 11.6 Å². The van der Waals surface area contributed by atoms with Crippen molar-refractivity contribution >= 4 is 17.3 Å². The van der Waals surface area contributed by atoms with Crippen molar-refractivity contribution in [3.05, 3.63) is 98.8 Å². The highest BCUT2D eigenvalue weighted by Crippen LogP contribution is 2.53. The molecule has 0 saturated heterocycles. The summed E-state index contributed by atoms with van der Waals surface area (Å²) in [6.07, 6.45) is 3.69. The molecule has 6 rings (SSSR count).